The van der Waals surface area contributed by atoms with Crippen molar-refractivity contribution in [3.05, 3.63) is 42.0 Å². The van der Waals surface area contributed by atoms with Crippen molar-refractivity contribution in [2.45, 2.75) is 6.04 Å². The molecule has 0 heterocycles. The molecule has 0 amide bonds. The van der Waals surface area contributed by atoms with Gasteiger partial charge in [0.15, 0.2) is 0 Å². The van der Waals surface area contributed by atoms with Gasteiger partial charge >= 0.3 is 5.97 Å². The molecule has 0 aromatic heterocycles. The largest absolute Gasteiger partial charge is 0.497 e. The minimum absolute atomic E-state index is 0.280. The number of methoxy groups -OCH3 is 2. The fourth-order valence-corrected chi connectivity index (χ4v) is 1.61. The lowest BCUT2D eigenvalue weighted by Crippen LogP contribution is -2.23. The van der Waals surface area contributed by atoms with E-state index in [2.05, 4.69) is 16.6 Å². The normalized spacial score (nSPS) is 11.7. The van der Waals surface area contributed by atoms with E-state index in [1.165, 1.54) is 7.11 Å². The number of hydrogen-bond acceptors (Lipinski definition) is 4. The van der Waals surface area contributed by atoms with Crippen LogP contribution in [0, 0.1) is 0 Å². The fourth-order valence-electron chi connectivity index (χ4n) is 1.61. The molecule has 0 saturated heterocycles. The first-order chi connectivity index (χ1) is 8.13. The van der Waals surface area contributed by atoms with Crippen LogP contribution in [-0.2, 0) is 9.53 Å². The molecule has 0 radical (unpaired) electrons. The Kier molecular flexibility index (Phi) is 4.72. The van der Waals surface area contributed by atoms with Crippen LogP contribution in [0.2, 0.25) is 0 Å². The van der Waals surface area contributed by atoms with E-state index < -0.39 is 5.97 Å². The summed E-state index contributed by atoms with van der Waals surface area (Å²) < 4.78 is 9.81. The quantitative estimate of drug-likeness (QED) is 0.623. The Morgan fingerprint density at radius 2 is 2.12 bits per heavy atom. The van der Waals surface area contributed by atoms with Crippen LogP contribution in [0.5, 0.6) is 5.75 Å². The number of rotatable bonds is 5. The van der Waals surface area contributed by atoms with Gasteiger partial charge in [0, 0.05) is 0 Å². The fraction of sp³-hybridized carbons (Fsp3) is 0.308. The van der Waals surface area contributed by atoms with Gasteiger partial charge in [-0.05, 0) is 24.7 Å². The maximum Gasteiger partial charge on any atom is 0.335 e. The number of likely N-dealkylation sites (N-methyl/N-ethyl adjacent to an activating group) is 1. The van der Waals surface area contributed by atoms with Gasteiger partial charge < -0.3 is 14.8 Å². The van der Waals surface area contributed by atoms with E-state index in [4.69, 9.17) is 4.74 Å². The van der Waals surface area contributed by atoms with Gasteiger partial charge in [0.25, 0.3) is 0 Å². The van der Waals surface area contributed by atoms with Crippen molar-refractivity contribution < 1.29 is 14.3 Å². The SMILES string of the molecule is C=C(C(=O)OC)C(NC)c1cccc(OC)c1. The molecule has 92 valence electrons. The summed E-state index contributed by atoms with van der Waals surface area (Å²) >= 11 is 0. The average Bonchev–Trinajstić information content (AvgIpc) is 2.38. The Balaban J connectivity index is 3.00. The molecule has 0 aliphatic carbocycles. The van der Waals surface area contributed by atoms with E-state index in [1.807, 2.05) is 24.3 Å². The lowest BCUT2D eigenvalue weighted by molar-refractivity contribution is -0.136. The minimum atomic E-state index is -0.424. The van der Waals surface area contributed by atoms with E-state index >= 15 is 0 Å². The van der Waals surface area contributed by atoms with Crippen molar-refractivity contribution >= 4 is 5.97 Å². The molecule has 4 nitrogen and oxygen atoms in total. The van der Waals surface area contributed by atoms with Gasteiger partial charge in [0.1, 0.15) is 5.75 Å². The first kappa shape index (κ1) is 13.3. The van der Waals surface area contributed by atoms with Crippen molar-refractivity contribution in [1.82, 2.24) is 5.32 Å². The second kappa shape index (κ2) is 6.06. The first-order valence-electron chi connectivity index (χ1n) is 5.22. The predicted molar refractivity (Wildman–Crippen MR) is 66.0 cm³/mol. The van der Waals surface area contributed by atoms with E-state index in [0.717, 1.165) is 11.3 Å². The Morgan fingerprint density at radius 3 is 2.65 bits per heavy atom. The van der Waals surface area contributed by atoms with Crippen molar-refractivity contribution in [1.29, 1.82) is 0 Å². The van der Waals surface area contributed by atoms with Crippen LogP contribution in [-0.4, -0.2) is 27.2 Å². The van der Waals surface area contributed by atoms with E-state index in [1.54, 1.807) is 14.2 Å². The summed E-state index contributed by atoms with van der Waals surface area (Å²) in [6.45, 7) is 3.75. The summed E-state index contributed by atoms with van der Waals surface area (Å²) in [6.07, 6.45) is 0. The lowest BCUT2D eigenvalue weighted by Gasteiger charge is -2.18. The zero-order valence-corrected chi connectivity index (χ0v) is 10.3. The summed E-state index contributed by atoms with van der Waals surface area (Å²) in [5, 5.41) is 3.03. The number of benzene rings is 1. The van der Waals surface area contributed by atoms with Crippen molar-refractivity contribution in [3.8, 4) is 5.75 Å². The zero-order chi connectivity index (χ0) is 12.8. The summed E-state index contributed by atoms with van der Waals surface area (Å²) in [5.74, 6) is 0.313. The molecule has 1 atom stereocenters. The lowest BCUT2D eigenvalue weighted by atomic mass is 10.00. The molecule has 1 aromatic rings. The van der Waals surface area contributed by atoms with Crippen LogP contribution in [0.1, 0.15) is 11.6 Å². The Morgan fingerprint density at radius 1 is 1.41 bits per heavy atom. The number of esters is 1. The number of nitrogens with one attached hydrogen (secondary N) is 1. The highest BCUT2D eigenvalue weighted by Crippen LogP contribution is 2.24. The highest BCUT2D eigenvalue weighted by molar-refractivity contribution is 5.89. The number of hydrogen-bond donors (Lipinski definition) is 1. The molecule has 0 aliphatic rings. The number of ether oxygens (including phenoxy) is 2. The second-order valence-electron chi connectivity index (χ2n) is 3.52. The van der Waals surface area contributed by atoms with Crippen molar-refractivity contribution in [2.75, 3.05) is 21.3 Å². The molecule has 0 saturated carbocycles. The molecule has 1 N–H and O–H groups in total. The van der Waals surface area contributed by atoms with Crippen molar-refractivity contribution in [2.24, 2.45) is 0 Å². The van der Waals surface area contributed by atoms with Gasteiger partial charge in [0.05, 0.1) is 25.8 Å². The highest BCUT2D eigenvalue weighted by atomic mass is 16.5. The summed E-state index contributed by atoms with van der Waals surface area (Å²) in [6, 6.07) is 7.19. The zero-order valence-electron chi connectivity index (χ0n) is 10.3. The van der Waals surface area contributed by atoms with Gasteiger partial charge in [-0.1, -0.05) is 18.7 Å². The van der Waals surface area contributed by atoms with Gasteiger partial charge in [-0.3, -0.25) is 0 Å². The molecule has 17 heavy (non-hydrogen) atoms. The molecular weight excluding hydrogens is 218 g/mol. The maximum absolute atomic E-state index is 11.4. The molecule has 0 fully saturated rings. The average molecular weight is 235 g/mol. The molecular formula is C13H17NO3. The van der Waals surface area contributed by atoms with Crippen LogP contribution in [0.4, 0.5) is 0 Å². The topological polar surface area (TPSA) is 47.6 Å². The van der Waals surface area contributed by atoms with Crippen LogP contribution >= 0.6 is 0 Å². The third kappa shape index (κ3) is 3.07. The van der Waals surface area contributed by atoms with Gasteiger partial charge in [-0.2, -0.15) is 0 Å². The summed E-state index contributed by atoms with van der Waals surface area (Å²) in [4.78, 5) is 11.4. The van der Waals surface area contributed by atoms with Crippen LogP contribution in [0.3, 0.4) is 0 Å². The maximum atomic E-state index is 11.4. The summed E-state index contributed by atoms with van der Waals surface area (Å²) in [7, 11) is 4.70. The summed E-state index contributed by atoms with van der Waals surface area (Å²) in [5.41, 5.74) is 1.27. The van der Waals surface area contributed by atoms with E-state index in [0.29, 0.717) is 5.57 Å². The molecule has 1 rings (SSSR count). The smallest absolute Gasteiger partial charge is 0.335 e. The first-order valence-corrected chi connectivity index (χ1v) is 5.22. The Bertz CT molecular complexity index is 415. The van der Waals surface area contributed by atoms with Crippen LogP contribution < -0.4 is 10.1 Å². The number of carbonyl (C=O) groups excluding carboxylic acids is 1. The minimum Gasteiger partial charge on any atom is -0.497 e. The Hall–Kier alpha value is -1.81. The molecule has 0 bridgehead atoms. The van der Waals surface area contributed by atoms with Gasteiger partial charge in [0.2, 0.25) is 0 Å². The van der Waals surface area contributed by atoms with E-state index in [-0.39, 0.29) is 6.04 Å². The highest BCUT2D eigenvalue weighted by Gasteiger charge is 2.20. The van der Waals surface area contributed by atoms with Crippen LogP contribution in [0.25, 0.3) is 0 Å². The second-order valence-corrected chi connectivity index (χ2v) is 3.52. The van der Waals surface area contributed by atoms with E-state index in [9.17, 15) is 4.79 Å². The number of carbonyl (C=O) groups is 1. The molecule has 4 heteroatoms. The van der Waals surface area contributed by atoms with Crippen molar-refractivity contribution in [3.63, 3.8) is 0 Å². The molecule has 0 spiro atoms. The Labute approximate surface area is 101 Å². The van der Waals surface area contributed by atoms with Gasteiger partial charge in [-0.25, -0.2) is 4.79 Å². The monoisotopic (exact) mass is 235 g/mol. The predicted octanol–water partition coefficient (Wildman–Crippen LogP) is 1.68. The third-order valence-corrected chi connectivity index (χ3v) is 2.51. The standard InChI is InChI=1S/C13H17NO3/c1-9(13(15)17-4)12(14-2)10-6-5-7-11(8-10)16-3/h5-8,12,14H,1H2,2-4H3. The van der Waals surface area contributed by atoms with Gasteiger partial charge in [-0.15, -0.1) is 0 Å². The van der Waals surface area contributed by atoms with Crippen LogP contribution in [0.15, 0.2) is 36.4 Å². The molecule has 1 aromatic carbocycles. The molecule has 1 unspecified atom stereocenters. The molecule has 0 aliphatic heterocycles. The third-order valence-electron chi connectivity index (χ3n) is 2.51.